The minimum Gasteiger partial charge on any atom is -0.491 e. The molecule has 3 rings (SSSR count). The summed E-state index contributed by atoms with van der Waals surface area (Å²) in [4.78, 5) is 12.4. The third-order valence-corrected chi connectivity index (χ3v) is 4.52. The molecule has 0 aromatic heterocycles. The Hall–Kier alpha value is -1.71. The minimum absolute atomic E-state index is 0.0762. The normalized spacial score (nSPS) is 19.4. The van der Waals surface area contributed by atoms with Gasteiger partial charge in [0.25, 0.3) is 5.91 Å². The average molecular weight is 274 g/mol. The summed E-state index contributed by atoms with van der Waals surface area (Å²) in [6.07, 6.45) is 5.18. The van der Waals surface area contributed by atoms with Crippen molar-refractivity contribution in [2.75, 3.05) is 18.9 Å². The number of ether oxygens (including phenoxy) is 1. The van der Waals surface area contributed by atoms with Gasteiger partial charge in [-0.15, -0.1) is 0 Å². The lowest BCUT2D eigenvalue weighted by atomic mass is 10.0. The molecule has 0 spiro atoms. The largest absolute Gasteiger partial charge is 0.491 e. The number of nitrogens with two attached hydrogens (primary N) is 1. The van der Waals surface area contributed by atoms with Crippen LogP contribution in [0.1, 0.15) is 43.0 Å². The highest BCUT2D eigenvalue weighted by atomic mass is 16.5. The molecule has 2 aliphatic rings. The third-order valence-electron chi connectivity index (χ3n) is 4.52. The second-order valence-corrected chi connectivity index (χ2v) is 5.98. The molecule has 2 fully saturated rings. The Kier molecular flexibility index (Phi) is 3.32. The molecule has 20 heavy (non-hydrogen) atoms. The predicted octanol–water partition coefficient (Wildman–Crippen LogP) is 2.59. The van der Waals surface area contributed by atoms with E-state index in [0.717, 1.165) is 12.5 Å². The fourth-order valence-electron chi connectivity index (χ4n) is 2.98. The van der Waals surface area contributed by atoms with Gasteiger partial charge in [-0.05, 0) is 56.1 Å². The first-order valence-electron chi connectivity index (χ1n) is 7.46. The summed E-state index contributed by atoms with van der Waals surface area (Å²) in [6, 6.07) is 5.32. The summed E-state index contributed by atoms with van der Waals surface area (Å²) < 4.78 is 5.51. The summed E-state index contributed by atoms with van der Waals surface area (Å²) in [5, 5.41) is 3.07. The van der Waals surface area contributed by atoms with Crippen LogP contribution in [0.25, 0.3) is 0 Å². The number of carbonyl (C=O) groups is 1. The number of nitrogens with one attached hydrogen (secondary N) is 1. The lowest BCUT2D eigenvalue weighted by Gasteiger charge is -2.17. The van der Waals surface area contributed by atoms with E-state index < -0.39 is 0 Å². The van der Waals surface area contributed by atoms with E-state index >= 15 is 0 Å². The molecule has 0 radical (unpaired) electrons. The van der Waals surface area contributed by atoms with E-state index in [1.54, 1.807) is 18.2 Å². The van der Waals surface area contributed by atoms with Crippen LogP contribution in [0, 0.1) is 11.3 Å². The molecule has 0 atom stereocenters. The number of anilines is 1. The fraction of sp³-hybridized carbons (Fsp3) is 0.562. The van der Waals surface area contributed by atoms with E-state index in [4.69, 9.17) is 10.5 Å². The Balaban J connectivity index is 1.69. The van der Waals surface area contributed by atoms with Gasteiger partial charge in [0.15, 0.2) is 5.75 Å². The van der Waals surface area contributed by atoms with Gasteiger partial charge in [-0.1, -0.05) is 6.07 Å². The van der Waals surface area contributed by atoms with Crippen molar-refractivity contribution in [3.05, 3.63) is 23.8 Å². The van der Waals surface area contributed by atoms with Gasteiger partial charge in [-0.2, -0.15) is 0 Å². The molecular formula is C16H22N2O2. The van der Waals surface area contributed by atoms with Gasteiger partial charge in [0, 0.05) is 6.54 Å². The summed E-state index contributed by atoms with van der Waals surface area (Å²) >= 11 is 0. The monoisotopic (exact) mass is 274 g/mol. The molecule has 108 valence electrons. The molecule has 2 aliphatic carbocycles. The standard InChI is InChI=1S/C16H22N2O2/c1-2-20-14-12(4-3-5-13(14)17)15(19)18-10-16(8-9-16)11-6-7-11/h3-5,11H,2,6-10,17H2,1H3,(H,18,19). The van der Waals surface area contributed by atoms with Gasteiger partial charge >= 0.3 is 0 Å². The number of carbonyl (C=O) groups excluding carboxylic acids is 1. The molecule has 4 nitrogen and oxygen atoms in total. The zero-order valence-corrected chi connectivity index (χ0v) is 11.9. The molecule has 0 saturated heterocycles. The van der Waals surface area contributed by atoms with Crippen LogP contribution in [0.5, 0.6) is 5.75 Å². The zero-order valence-electron chi connectivity index (χ0n) is 11.9. The van der Waals surface area contributed by atoms with Crippen LogP contribution in [0.2, 0.25) is 0 Å². The number of amides is 1. The van der Waals surface area contributed by atoms with Gasteiger partial charge in [0.05, 0.1) is 17.9 Å². The van der Waals surface area contributed by atoms with Crippen molar-refractivity contribution in [3.63, 3.8) is 0 Å². The molecule has 3 N–H and O–H groups in total. The third kappa shape index (κ3) is 2.47. The lowest BCUT2D eigenvalue weighted by Crippen LogP contribution is -2.31. The van der Waals surface area contributed by atoms with Gasteiger partial charge < -0.3 is 15.8 Å². The molecule has 0 heterocycles. The molecule has 0 aliphatic heterocycles. The number of hydrogen-bond acceptors (Lipinski definition) is 3. The van der Waals surface area contributed by atoms with E-state index in [9.17, 15) is 4.79 Å². The topological polar surface area (TPSA) is 64.3 Å². The number of rotatable bonds is 6. The summed E-state index contributed by atoms with van der Waals surface area (Å²) in [7, 11) is 0. The molecule has 1 amide bonds. The van der Waals surface area contributed by atoms with Gasteiger partial charge in [0.1, 0.15) is 0 Å². The van der Waals surface area contributed by atoms with Crippen LogP contribution in [0.4, 0.5) is 5.69 Å². The highest BCUT2D eigenvalue weighted by Crippen LogP contribution is 2.60. The Bertz CT molecular complexity index is 519. The second-order valence-electron chi connectivity index (χ2n) is 5.98. The highest BCUT2D eigenvalue weighted by Gasteiger charge is 2.53. The maximum atomic E-state index is 12.4. The maximum absolute atomic E-state index is 12.4. The number of nitrogen functional groups attached to an aromatic ring is 1. The Morgan fingerprint density at radius 1 is 1.45 bits per heavy atom. The number of para-hydroxylation sites is 1. The quantitative estimate of drug-likeness (QED) is 0.784. The van der Waals surface area contributed by atoms with Crippen LogP contribution in [-0.2, 0) is 0 Å². The van der Waals surface area contributed by atoms with Crippen molar-refractivity contribution in [3.8, 4) is 5.75 Å². The molecule has 1 aromatic rings. The molecule has 0 bridgehead atoms. The van der Waals surface area contributed by atoms with E-state index in [1.807, 2.05) is 6.92 Å². The van der Waals surface area contributed by atoms with Crippen molar-refractivity contribution >= 4 is 11.6 Å². The predicted molar refractivity (Wildman–Crippen MR) is 78.7 cm³/mol. The fourth-order valence-corrected chi connectivity index (χ4v) is 2.98. The summed E-state index contributed by atoms with van der Waals surface area (Å²) in [5.41, 5.74) is 7.35. The van der Waals surface area contributed by atoms with Crippen molar-refractivity contribution in [2.24, 2.45) is 11.3 Å². The first-order valence-corrected chi connectivity index (χ1v) is 7.46. The smallest absolute Gasteiger partial charge is 0.255 e. The van der Waals surface area contributed by atoms with Crippen molar-refractivity contribution in [1.29, 1.82) is 0 Å². The first-order chi connectivity index (χ1) is 9.66. The van der Waals surface area contributed by atoms with Crippen molar-refractivity contribution in [2.45, 2.75) is 32.6 Å². The zero-order chi connectivity index (χ0) is 14.2. The SMILES string of the molecule is CCOc1c(N)cccc1C(=O)NCC1(C2CC2)CC1. The summed E-state index contributed by atoms with van der Waals surface area (Å²) in [6.45, 7) is 3.18. The number of hydrogen-bond donors (Lipinski definition) is 2. The van der Waals surface area contributed by atoms with Crippen LogP contribution in [0.3, 0.4) is 0 Å². The van der Waals surface area contributed by atoms with Crippen LogP contribution >= 0.6 is 0 Å². The van der Waals surface area contributed by atoms with Crippen LogP contribution in [-0.4, -0.2) is 19.1 Å². The maximum Gasteiger partial charge on any atom is 0.255 e. The van der Waals surface area contributed by atoms with Crippen molar-refractivity contribution in [1.82, 2.24) is 5.32 Å². The highest BCUT2D eigenvalue weighted by molar-refractivity contribution is 5.98. The molecule has 1 aromatic carbocycles. The first kappa shape index (κ1) is 13.3. The minimum atomic E-state index is -0.0762. The number of benzene rings is 1. The Labute approximate surface area is 119 Å². The molecule has 4 heteroatoms. The van der Waals surface area contributed by atoms with Crippen LogP contribution < -0.4 is 15.8 Å². The van der Waals surface area contributed by atoms with Gasteiger partial charge in [0.2, 0.25) is 0 Å². The Morgan fingerprint density at radius 3 is 2.80 bits per heavy atom. The van der Waals surface area contributed by atoms with E-state index in [-0.39, 0.29) is 5.91 Å². The Morgan fingerprint density at radius 2 is 2.20 bits per heavy atom. The van der Waals surface area contributed by atoms with Gasteiger partial charge in [-0.3, -0.25) is 4.79 Å². The molecule has 0 unspecified atom stereocenters. The lowest BCUT2D eigenvalue weighted by molar-refractivity contribution is 0.0939. The second kappa shape index (κ2) is 5.00. The van der Waals surface area contributed by atoms with Crippen LogP contribution in [0.15, 0.2) is 18.2 Å². The van der Waals surface area contributed by atoms with Crippen molar-refractivity contribution < 1.29 is 9.53 Å². The average Bonchev–Trinajstić information content (AvgIpc) is 3.30. The summed E-state index contributed by atoms with van der Waals surface area (Å²) in [5.74, 6) is 1.27. The van der Waals surface area contributed by atoms with Gasteiger partial charge in [-0.25, -0.2) is 0 Å². The van der Waals surface area contributed by atoms with E-state index in [2.05, 4.69) is 5.32 Å². The van der Waals surface area contributed by atoms with E-state index in [1.165, 1.54) is 25.7 Å². The molecular weight excluding hydrogens is 252 g/mol. The van der Waals surface area contributed by atoms with E-state index in [0.29, 0.717) is 29.0 Å². The molecule has 2 saturated carbocycles.